The summed E-state index contributed by atoms with van der Waals surface area (Å²) in [7, 11) is 0. The Hall–Kier alpha value is -2.37. The molecule has 1 atom stereocenters. The van der Waals surface area contributed by atoms with Crippen LogP contribution in [-0.4, -0.2) is 17.7 Å². The zero-order valence-electron chi connectivity index (χ0n) is 12.2. The molecule has 5 heteroatoms. The van der Waals surface area contributed by atoms with Crippen LogP contribution in [0.15, 0.2) is 60.7 Å². The van der Waals surface area contributed by atoms with Crippen molar-refractivity contribution < 1.29 is 14.7 Å². The predicted octanol–water partition coefficient (Wildman–Crippen LogP) is 2.54. The second-order valence-corrected chi connectivity index (χ2v) is 4.85. The number of rotatable bonds is 7. The van der Waals surface area contributed by atoms with Crippen molar-refractivity contribution in [1.82, 2.24) is 10.8 Å². The molecule has 0 spiro atoms. The number of hydrogen-bond acceptors (Lipinski definition) is 3. The highest BCUT2D eigenvalue weighted by Crippen LogP contribution is 2.14. The van der Waals surface area contributed by atoms with E-state index in [0.29, 0.717) is 19.6 Å². The van der Waals surface area contributed by atoms with Gasteiger partial charge >= 0.3 is 6.03 Å². The molecule has 0 heterocycles. The third-order valence-corrected chi connectivity index (χ3v) is 3.13. The molecule has 0 saturated heterocycles. The Kier molecular flexibility index (Phi) is 6.41. The van der Waals surface area contributed by atoms with Crippen molar-refractivity contribution in [2.24, 2.45) is 0 Å². The Morgan fingerprint density at radius 3 is 2.36 bits per heavy atom. The minimum atomic E-state index is -0.591. The summed E-state index contributed by atoms with van der Waals surface area (Å²) in [5.41, 5.74) is 4.13. The minimum Gasteiger partial charge on any atom is -0.388 e. The van der Waals surface area contributed by atoms with Gasteiger partial charge in [0.05, 0.1) is 12.7 Å². The Labute approximate surface area is 129 Å². The number of aliphatic hydroxyl groups excluding tert-OH is 1. The molecule has 0 aliphatic rings. The van der Waals surface area contributed by atoms with Gasteiger partial charge in [0.2, 0.25) is 0 Å². The molecule has 116 valence electrons. The lowest BCUT2D eigenvalue weighted by Crippen LogP contribution is -2.36. The highest BCUT2D eigenvalue weighted by atomic mass is 16.7. The Morgan fingerprint density at radius 1 is 1.05 bits per heavy atom. The Bertz CT molecular complexity index is 561. The Morgan fingerprint density at radius 2 is 1.68 bits per heavy atom. The van der Waals surface area contributed by atoms with E-state index < -0.39 is 12.1 Å². The quantitative estimate of drug-likeness (QED) is 0.688. The van der Waals surface area contributed by atoms with Gasteiger partial charge < -0.3 is 10.4 Å². The van der Waals surface area contributed by atoms with E-state index in [1.165, 1.54) is 0 Å². The maximum atomic E-state index is 11.5. The van der Waals surface area contributed by atoms with E-state index in [2.05, 4.69) is 10.8 Å². The molecule has 0 fully saturated rings. The van der Waals surface area contributed by atoms with Gasteiger partial charge in [0.15, 0.2) is 0 Å². The van der Waals surface area contributed by atoms with Crippen LogP contribution >= 0.6 is 0 Å². The highest BCUT2D eigenvalue weighted by molar-refractivity contribution is 5.72. The van der Waals surface area contributed by atoms with Crippen LogP contribution in [0.1, 0.15) is 23.7 Å². The number of urea groups is 1. The lowest BCUT2D eigenvalue weighted by Gasteiger charge is -2.12. The van der Waals surface area contributed by atoms with Crippen LogP contribution in [0, 0.1) is 0 Å². The van der Waals surface area contributed by atoms with E-state index in [9.17, 15) is 9.90 Å². The summed E-state index contributed by atoms with van der Waals surface area (Å²) < 4.78 is 0. The van der Waals surface area contributed by atoms with E-state index in [1.807, 2.05) is 60.7 Å². The summed E-state index contributed by atoms with van der Waals surface area (Å²) in [6.07, 6.45) is -0.150. The average molecular weight is 300 g/mol. The first-order valence-electron chi connectivity index (χ1n) is 7.18. The van der Waals surface area contributed by atoms with Crippen molar-refractivity contribution in [2.75, 3.05) is 6.54 Å². The van der Waals surface area contributed by atoms with E-state index >= 15 is 0 Å². The number of carbonyl (C=O) groups is 1. The molecule has 2 aromatic carbocycles. The number of benzene rings is 2. The molecule has 2 aromatic rings. The fraction of sp³-hybridized carbons (Fsp3) is 0.235. The molecule has 1 unspecified atom stereocenters. The number of carbonyl (C=O) groups excluding carboxylic acids is 1. The first-order valence-corrected chi connectivity index (χ1v) is 7.18. The summed E-state index contributed by atoms with van der Waals surface area (Å²) >= 11 is 0. The van der Waals surface area contributed by atoms with Gasteiger partial charge in [-0.15, -0.1) is 0 Å². The summed E-state index contributed by atoms with van der Waals surface area (Å²) in [5.74, 6) is 0. The molecule has 5 nitrogen and oxygen atoms in total. The van der Waals surface area contributed by atoms with E-state index in [4.69, 9.17) is 4.84 Å². The van der Waals surface area contributed by atoms with Crippen LogP contribution in [0.3, 0.4) is 0 Å². The first-order chi connectivity index (χ1) is 10.8. The predicted molar refractivity (Wildman–Crippen MR) is 83.8 cm³/mol. The largest absolute Gasteiger partial charge is 0.388 e. The fourth-order valence-electron chi connectivity index (χ4n) is 1.96. The second-order valence-electron chi connectivity index (χ2n) is 4.85. The van der Waals surface area contributed by atoms with Gasteiger partial charge in [0, 0.05) is 6.54 Å². The number of hydrogen-bond donors (Lipinski definition) is 3. The lowest BCUT2D eigenvalue weighted by atomic mass is 10.1. The van der Waals surface area contributed by atoms with E-state index in [0.717, 1.165) is 11.1 Å². The summed E-state index contributed by atoms with van der Waals surface area (Å²) in [5, 5.41) is 12.6. The summed E-state index contributed by atoms with van der Waals surface area (Å²) in [6.45, 7) is 0.664. The molecular weight excluding hydrogens is 280 g/mol. The molecule has 0 saturated carbocycles. The molecule has 0 aliphatic heterocycles. The van der Waals surface area contributed by atoms with E-state index in [1.54, 1.807) is 0 Å². The van der Waals surface area contributed by atoms with Crippen molar-refractivity contribution in [1.29, 1.82) is 0 Å². The third kappa shape index (κ3) is 5.55. The maximum absolute atomic E-state index is 11.5. The third-order valence-electron chi connectivity index (χ3n) is 3.13. The molecule has 0 aliphatic carbocycles. The van der Waals surface area contributed by atoms with Crippen LogP contribution in [0.4, 0.5) is 4.79 Å². The van der Waals surface area contributed by atoms with Gasteiger partial charge in [-0.25, -0.2) is 10.3 Å². The van der Waals surface area contributed by atoms with Crippen molar-refractivity contribution in [3.8, 4) is 0 Å². The SMILES string of the molecule is O=C(NCCC(O)c1ccccc1)NOCc1ccccc1. The monoisotopic (exact) mass is 300 g/mol. The number of nitrogens with one attached hydrogen (secondary N) is 2. The Balaban J connectivity index is 1.60. The smallest absolute Gasteiger partial charge is 0.338 e. The van der Waals surface area contributed by atoms with Crippen molar-refractivity contribution in [3.63, 3.8) is 0 Å². The molecule has 0 radical (unpaired) electrons. The molecule has 0 aromatic heterocycles. The zero-order chi connectivity index (χ0) is 15.6. The molecular formula is C17H20N2O3. The number of amides is 2. The number of hydroxylamine groups is 1. The van der Waals surface area contributed by atoms with Crippen LogP contribution < -0.4 is 10.8 Å². The number of aliphatic hydroxyl groups is 1. The second kappa shape index (κ2) is 8.81. The zero-order valence-corrected chi connectivity index (χ0v) is 12.2. The van der Waals surface area contributed by atoms with Crippen molar-refractivity contribution in [2.45, 2.75) is 19.1 Å². The summed E-state index contributed by atoms with van der Waals surface area (Å²) in [4.78, 5) is 16.6. The van der Waals surface area contributed by atoms with Gasteiger partial charge in [0.25, 0.3) is 0 Å². The van der Waals surface area contributed by atoms with Crippen LogP contribution in [0.2, 0.25) is 0 Å². The van der Waals surface area contributed by atoms with Crippen LogP contribution in [0.5, 0.6) is 0 Å². The van der Waals surface area contributed by atoms with Crippen molar-refractivity contribution in [3.05, 3.63) is 71.8 Å². The topological polar surface area (TPSA) is 70.6 Å². The van der Waals surface area contributed by atoms with Gasteiger partial charge in [0.1, 0.15) is 0 Å². The molecule has 3 N–H and O–H groups in total. The van der Waals surface area contributed by atoms with Crippen LogP contribution in [0.25, 0.3) is 0 Å². The molecule has 22 heavy (non-hydrogen) atoms. The van der Waals surface area contributed by atoms with Gasteiger partial charge in [-0.05, 0) is 17.5 Å². The van der Waals surface area contributed by atoms with Crippen molar-refractivity contribution >= 4 is 6.03 Å². The average Bonchev–Trinajstić information content (AvgIpc) is 2.56. The lowest BCUT2D eigenvalue weighted by molar-refractivity contribution is 0.0487. The van der Waals surface area contributed by atoms with Crippen LogP contribution in [-0.2, 0) is 11.4 Å². The van der Waals surface area contributed by atoms with Gasteiger partial charge in [-0.3, -0.25) is 4.84 Å². The molecule has 2 amide bonds. The first kappa shape index (κ1) is 16.0. The minimum absolute atomic E-state index is 0.306. The highest BCUT2D eigenvalue weighted by Gasteiger charge is 2.07. The molecule has 2 rings (SSSR count). The molecule has 0 bridgehead atoms. The standard InChI is InChI=1S/C17H20N2O3/c20-16(15-9-5-2-6-10-15)11-12-18-17(21)19-22-13-14-7-3-1-4-8-14/h1-10,16,20H,11-13H2,(H2,18,19,21). The maximum Gasteiger partial charge on any atom is 0.338 e. The van der Waals surface area contributed by atoms with E-state index in [-0.39, 0.29) is 0 Å². The summed E-state index contributed by atoms with van der Waals surface area (Å²) in [6, 6.07) is 18.5. The van der Waals surface area contributed by atoms with Gasteiger partial charge in [-0.1, -0.05) is 60.7 Å². The fourth-order valence-corrected chi connectivity index (χ4v) is 1.96. The normalized spacial score (nSPS) is 11.7. The van der Waals surface area contributed by atoms with Gasteiger partial charge in [-0.2, -0.15) is 0 Å².